The molecule has 1 aliphatic heterocycles. The third-order valence-corrected chi connectivity index (χ3v) is 9.33. The maximum absolute atomic E-state index is 13.5. The maximum Gasteiger partial charge on any atom is 0.416 e. The molecular weight excluding hydrogens is 555 g/mol. The van der Waals surface area contributed by atoms with Gasteiger partial charge in [0.2, 0.25) is 0 Å². The molecule has 0 unspecified atom stereocenters. The molecule has 9 heteroatoms. The number of fused-ring (bicyclic) bond motifs is 1. The zero-order valence-electron chi connectivity index (χ0n) is 24.4. The molecule has 1 atom stereocenters. The fourth-order valence-electron chi connectivity index (χ4n) is 6.38. The number of nitrogens with zero attached hydrogens (tertiary/aromatic N) is 2. The highest BCUT2D eigenvalue weighted by molar-refractivity contribution is 5.82. The number of halogens is 3. The van der Waals surface area contributed by atoms with Crippen LogP contribution < -0.4 is 5.56 Å². The molecule has 0 saturated heterocycles. The number of amides is 1. The van der Waals surface area contributed by atoms with Crippen LogP contribution in [0.25, 0.3) is 5.57 Å². The van der Waals surface area contributed by atoms with Gasteiger partial charge in [0.1, 0.15) is 5.82 Å². The van der Waals surface area contributed by atoms with E-state index in [2.05, 4.69) is 49.2 Å². The number of H-pyrrole nitrogens is 1. The van der Waals surface area contributed by atoms with E-state index in [1.165, 1.54) is 28.2 Å². The van der Waals surface area contributed by atoms with Gasteiger partial charge in [-0.3, -0.25) is 9.59 Å². The van der Waals surface area contributed by atoms with Gasteiger partial charge in [0.15, 0.2) is 6.10 Å². The normalized spacial score (nSPS) is 20.0. The van der Waals surface area contributed by atoms with E-state index in [1.807, 2.05) is 0 Å². The van der Waals surface area contributed by atoms with E-state index in [1.54, 1.807) is 0 Å². The van der Waals surface area contributed by atoms with Crippen LogP contribution >= 0.6 is 0 Å². The zero-order valence-corrected chi connectivity index (χ0v) is 24.4. The number of aryl methyl sites for hydroxylation is 1. The van der Waals surface area contributed by atoms with E-state index < -0.39 is 23.8 Å². The minimum Gasteiger partial charge on any atom is -0.378 e. The van der Waals surface area contributed by atoms with Crippen LogP contribution in [0.3, 0.4) is 0 Å². The van der Waals surface area contributed by atoms with Crippen LogP contribution in [0.15, 0.2) is 59.4 Å². The average molecular weight is 592 g/mol. The highest BCUT2D eigenvalue weighted by Crippen LogP contribution is 2.52. The molecule has 3 aromatic rings. The number of aromatic amines is 1. The molecule has 43 heavy (non-hydrogen) atoms. The van der Waals surface area contributed by atoms with E-state index in [0.717, 1.165) is 49.8 Å². The molecule has 226 valence electrons. The van der Waals surface area contributed by atoms with Crippen molar-refractivity contribution in [1.29, 1.82) is 0 Å². The number of benzene rings is 2. The molecule has 1 fully saturated rings. The Balaban J connectivity index is 1.24. The summed E-state index contributed by atoms with van der Waals surface area (Å²) in [5.74, 6) is -0.109. The first kappa shape index (κ1) is 29.4. The molecular formula is C34H36F3N3O3. The highest BCUT2D eigenvalue weighted by atomic mass is 19.4. The number of carbonyl (C=O) groups is 1. The summed E-state index contributed by atoms with van der Waals surface area (Å²) in [7, 11) is 0. The minimum atomic E-state index is -4.60. The lowest BCUT2D eigenvalue weighted by Gasteiger charge is -2.29. The predicted octanol–water partition coefficient (Wildman–Crippen LogP) is 6.47. The summed E-state index contributed by atoms with van der Waals surface area (Å²) in [5, 5.41) is 10.7. The van der Waals surface area contributed by atoms with Crippen molar-refractivity contribution in [3.63, 3.8) is 0 Å². The minimum absolute atomic E-state index is 0.0697. The number of rotatable bonds is 5. The van der Waals surface area contributed by atoms with Crippen LogP contribution in [-0.2, 0) is 29.4 Å². The lowest BCUT2D eigenvalue weighted by atomic mass is 9.76. The molecule has 2 heterocycles. The number of nitrogens with one attached hydrogen (secondary N) is 1. The van der Waals surface area contributed by atoms with Crippen LogP contribution in [0.4, 0.5) is 13.2 Å². The Morgan fingerprint density at radius 1 is 1.07 bits per heavy atom. The fourth-order valence-corrected chi connectivity index (χ4v) is 6.38. The third-order valence-electron chi connectivity index (χ3n) is 9.33. The van der Waals surface area contributed by atoms with Crippen LogP contribution in [0.2, 0.25) is 0 Å². The molecule has 1 saturated carbocycles. The summed E-state index contributed by atoms with van der Waals surface area (Å²) in [6.07, 6.45) is 1.94. The number of aromatic nitrogens is 2. The monoisotopic (exact) mass is 591 g/mol. The Hall–Kier alpha value is -3.72. The van der Waals surface area contributed by atoms with Gasteiger partial charge in [-0.05, 0) is 84.8 Å². The summed E-state index contributed by atoms with van der Waals surface area (Å²) in [4.78, 5) is 36.0. The second-order valence-electron chi connectivity index (χ2n) is 13.0. The summed E-state index contributed by atoms with van der Waals surface area (Å²) in [6.45, 7) is 4.77. The molecule has 6 nitrogen and oxygen atoms in total. The predicted molar refractivity (Wildman–Crippen MR) is 157 cm³/mol. The third kappa shape index (κ3) is 5.79. The Morgan fingerprint density at radius 3 is 2.53 bits per heavy atom. The Kier molecular flexibility index (Phi) is 7.35. The average Bonchev–Trinajstić information content (AvgIpc) is 3.81. The van der Waals surface area contributed by atoms with Crippen molar-refractivity contribution in [2.75, 3.05) is 6.54 Å². The lowest BCUT2D eigenvalue weighted by molar-refractivity contribution is -0.142. The molecule has 1 amide bonds. The number of aliphatic hydroxyl groups is 1. The van der Waals surface area contributed by atoms with Gasteiger partial charge in [0.25, 0.3) is 11.5 Å². The molecule has 1 aromatic heterocycles. The van der Waals surface area contributed by atoms with Crippen LogP contribution in [0, 0.1) is 5.41 Å². The quantitative estimate of drug-likeness (QED) is 0.356. The summed E-state index contributed by atoms with van der Waals surface area (Å²) < 4.78 is 39.6. The van der Waals surface area contributed by atoms with E-state index >= 15 is 0 Å². The van der Waals surface area contributed by atoms with Crippen molar-refractivity contribution >= 4 is 11.5 Å². The first-order valence-electron chi connectivity index (χ1n) is 14.9. The summed E-state index contributed by atoms with van der Waals surface area (Å²) in [6, 6.07) is 12.7. The second kappa shape index (κ2) is 10.8. The number of carbonyl (C=O) groups excluding carboxylic acids is 1. The molecule has 0 radical (unpaired) electrons. The van der Waals surface area contributed by atoms with Crippen molar-refractivity contribution in [3.05, 3.63) is 104 Å². The highest BCUT2D eigenvalue weighted by Gasteiger charge is 2.49. The summed E-state index contributed by atoms with van der Waals surface area (Å²) in [5.41, 5.74) is 3.24. The van der Waals surface area contributed by atoms with E-state index in [9.17, 15) is 27.9 Å². The van der Waals surface area contributed by atoms with Gasteiger partial charge < -0.3 is 15.0 Å². The van der Waals surface area contributed by atoms with E-state index in [0.29, 0.717) is 35.3 Å². The van der Waals surface area contributed by atoms with Gasteiger partial charge in [-0.15, -0.1) is 0 Å². The molecule has 6 rings (SSSR count). The van der Waals surface area contributed by atoms with Gasteiger partial charge >= 0.3 is 6.18 Å². The first-order valence-corrected chi connectivity index (χ1v) is 14.9. The van der Waals surface area contributed by atoms with Crippen molar-refractivity contribution in [2.45, 2.75) is 83.0 Å². The Labute approximate surface area is 248 Å². The van der Waals surface area contributed by atoms with Crippen molar-refractivity contribution in [3.8, 4) is 0 Å². The van der Waals surface area contributed by atoms with Crippen molar-refractivity contribution in [2.24, 2.45) is 5.41 Å². The Morgan fingerprint density at radius 2 is 1.84 bits per heavy atom. The zero-order chi connectivity index (χ0) is 30.6. The number of aliphatic hydroxyl groups excluding tert-OH is 1. The second-order valence-corrected chi connectivity index (χ2v) is 13.0. The number of hydrogen-bond acceptors (Lipinski definition) is 4. The lowest BCUT2D eigenvalue weighted by Crippen LogP contribution is -2.36. The first-order chi connectivity index (χ1) is 20.4. The van der Waals surface area contributed by atoms with Gasteiger partial charge in [0, 0.05) is 6.54 Å². The molecule has 3 aliphatic rings. The fraction of sp³-hybridized carbons (Fsp3) is 0.441. The number of hydrogen-bond donors (Lipinski definition) is 2. The van der Waals surface area contributed by atoms with Gasteiger partial charge in [-0.2, -0.15) is 13.2 Å². The SMILES string of the molecule is CC1(C)CC=C(c2cccc(C3(c4nc5c(c(=O)[nH]4)CN(C(=O)[C@H](O)c4cccc(C(F)(F)F)c4)CCC5)CC3)c2)CC1. The van der Waals surface area contributed by atoms with E-state index in [4.69, 9.17) is 4.98 Å². The smallest absolute Gasteiger partial charge is 0.378 e. The van der Waals surface area contributed by atoms with Gasteiger partial charge in [-0.25, -0.2) is 4.98 Å². The van der Waals surface area contributed by atoms with Crippen molar-refractivity contribution in [1.82, 2.24) is 14.9 Å². The maximum atomic E-state index is 13.5. The summed E-state index contributed by atoms with van der Waals surface area (Å²) >= 11 is 0. The molecule has 0 spiro atoms. The standard InChI is InChI=1S/C34H36F3N3O3/c1-32(2)13-11-21(12-14-32)22-6-3-8-24(18-22)33(15-16-33)31-38-27-10-5-17-40(20-26(27)29(42)39-31)30(43)28(41)23-7-4-9-25(19-23)34(35,36)37/h3-4,6-9,11,18-19,28,41H,5,10,12-17,20H2,1-2H3,(H,38,39,42)/t28-/m1/s1. The molecule has 2 aromatic carbocycles. The number of alkyl halides is 3. The molecule has 2 N–H and O–H groups in total. The topological polar surface area (TPSA) is 86.3 Å². The van der Waals surface area contributed by atoms with Crippen LogP contribution in [0.5, 0.6) is 0 Å². The van der Waals surface area contributed by atoms with Crippen molar-refractivity contribution < 1.29 is 23.1 Å². The van der Waals surface area contributed by atoms with Crippen LogP contribution in [-0.4, -0.2) is 32.4 Å². The number of allylic oxidation sites excluding steroid dienone is 2. The molecule has 2 aliphatic carbocycles. The van der Waals surface area contributed by atoms with Gasteiger partial charge in [0.05, 0.1) is 28.8 Å². The molecule has 0 bridgehead atoms. The van der Waals surface area contributed by atoms with Crippen LogP contribution in [0.1, 0.15) is 97.8 Å². The van der Waals surface area contributed by atoms with E-state index in [-0.39, 0.29) is 29.6 Å². The Bertz CT molecular complexity index is 1650. The van der Waals surface area contributed by atoms with Gasteiger partial charge in [-0.1, -0.05) is 56.3 Å². The largest absolute Gasteiger partial charge is 0.416 e.